The second-order valence-corrected chi connectivity index (χ2v) is 8.44. The van der Waals surface area contributed by atoms with E-state index in [0.29, 0.717) is 21.7 Å². The molecule has 1 amide bonds. The van der Waals surface area contributed by atoms with Crippen LogP contribution < -0.4 is 4.90 Å². The zero-order valence-electron chi connectivity index (χ0n) is 15.6. The molecular formula is C22H17Cl2N3OS. The van der Waals surface area contributed by atoms with Crippen LogP contribution in [0.4, 0.5) is 5.13 Å². The molecule has 2 aromatic carbocycles. The fourth-order valence-electron chi connectivity index (χ4n) is 3.04. The Morgan fingerprint density at radius 3 is 2.62 bits per heavy atom. The summed E-state index contributed by atoms with van der Waals surface area (Å²) in [6, 6.07) is 15.0. The topological polar surface area (TPSA) is 46.1 Å². The SMILES string of the molecule is Cc1ccc(Cl)c2sc(N(Cc3cccnc3)C(=O)Cc3ccccc3Cl)nc12. The van der Waals surface area contributed by atoms with Gasteiger partial charge in [0.1, 0.15) is 0 Å². The smallest absolute Gasteiger partial charge is 0.233 e. The first-order valence-corrected chi connectivity index (χ1v) is 10.6. The molecule has 0 bridgehead atoms. The first-order valence-electron chi connectivity index (χ1n) is 9.01. The minimum absolute atomic E-state index is 0.0882. The van der Waals surface area contributed by atoms with Gasteiger partial charge in [0, 0.05) is 17.4 Å². The Balaban J connectivity index is 1.74. The van der Waals surface area contributed by atoms with E-state index in [1.54, 1.807) is 23.4 Å². The highest BCUT2D eigenvalue weighted by Gasteiger charge is 2.22. The lowest BCUT2D eigenvalue weighted by molar-refractivity contribution is -0.118. The van der Waals surface area contributed by atoms with E-state index in [2.05, 4.69) is 4.98 Å². The molecule has 0 saturated heterocycles. The van der Waals surface area contributed by atoms with Crippen LogP contribution in [0.15, 0.2) is 60.9 Å². The molecule has 0 radical (unpaired) electrons. The Bertz CT molecular complexity index is 1140. The molecule has 0 spiro atoms. The maximum atomic E-state index is 13.3. The summed E-state index contributed by atoms with van der Waals surface area (Å²) in [6.45, 7) is 2.35. The van der Waals surface area contributed by atoms with E-state index in [0.717, 1.165) is 26.9 Å². The van der Waals surface area contributed by atoms with Crippen molar-refractivity contribution in [2.24, 2.45) is 0 Å². The normalized spacial score (nSPS) is 11.0. The Morgan fingerprint density at radius 2 is 1.90 bits per heavy atom. The third kappa shape index (κ3) is 4.27. The van der Waals surface area contributed by atoms with E-state index in [-0.39, 0.29) is 12.3 Å². The van der Waals surface area contributed by atoms with Crippen molar-refractivity contribution < 1.29 is 4.79 Å². The average Bonchev–Trinajstić information content (AvgIpc) is 3.18. The number of hydrogen-bond acceptors (Lipinski definition) is 4. The summed E-state index contributed by atoms with van der Waals surface area (Å²) >= 11 is 14.1. The summed E-state index contributed by atoms with van der Waals surface area (Å²) in [5.41, 5.74) is 3.54. The standard InChI is InChI=1S/C22H17Cl2N3OS/c1-14-8-9-18(24)21-20(14)26-22(29-21)27(13-15-5-4-10-25-12-15)19(28)11-16-6-2-3-7-17(16)23/h2-10,12H,11,13H2,1H3. The number of carbonyl (C=O) groups is 1. The summed E-state index contributed by atoms with van der Waals surface area (Å²) in [6.07, 6.45) is 3.64. The zero-order chi connectivity index (χ0) is 20.4. The molecule has 0 N–H and O–H groups in total. The van der Waals surface area contributed by atoms with Crippen molar-refractivity contribution in [2.45, 2.75) is 19.9 Å². The lowest BCUT2D eigenvalue weighted by Crippen LogP contribution is -2.31. The van der Waals surface area contributed by atoms with Gasteiger partial charge < -0.3 is 0 Å². The van der Waals surface area contributed by atoms with Gasteiger partial charge in [0.05, 0.1) is 28.2 Å². The number of thiazole rings is 1. The molecule has 0 aliphatic rings. The summed E-state index contributed by atoms with van der Waals surface area (Å²) in [4.78, 5) is 23.9. The number of anilines is 1. The highest BCUT2D eigenvalue weighted by Crippen LogP contribution is 2.36. The van der Waals surface area contributed by atoms with Gasteiger partial charge in [-0.3, -0.25) is 14.7 Å². The fraction of sp³-hybridized carbons (Fsp3) is 0.136. The number of benzene rings is 2. The molecule has 29 heavy (non-hydrogen) atoms. The minimum Gasteiger partial charge on any atom is -0.283 e. The van der Waals surface area contributed by atoms with Crippen molar-refractivity contribution in [3.63, 3.8) is 0 Å². The molecule has 0 fully saturated rings. The molecule has 2 aromatic heterocycles. The number of pyridine rings is 1. The molecule has 146 valence electrons. The van der Waals surface area contributed by atoms with Gasteiger partial charge in [-0.2, -0.15) is 0 Å². The fourth-order valence-corrected chi connectivity index (χ4v) is 4.58. The Morgan fingerprint density at radius 1 is 1.07 bits per heavy atom. The molecule has 4 aromatic rings. The summed E-state index contributed by atoms with van der Waals surface area (Å²) in [7, 11) is 0. The number of fused-ring (bicyclic) bond motifs is 1. The summed E-state index contributed by atoms with van der Waals surface area (Å²) in [5.74, 6) is -0.0882. The maximum absolute atomic E-state index is 13.3. The molecular weight excluding hydrogens is 425 g/mol. The lowest BCUT2D eigenvalue weighted by atomic mass is 10.1. The molecule has 4 rings (SSSR count). The lowest BCUT2D eigenvalue weighted by Gasteiger charge is -2.20. The van der Waals surface area contributed by atoms with E-state index in [1.165, 1.54) is 11.3 Å². The highest BCUT2D eigenvalue weighted by molar-refractivity contribution is 7.23. The van der Waals surface area contributed by atoms with Crippen LogP contribution in [0.3, 0.4) is 0 Å². The van der Waals surface area contributed by atoms with Crippen molar-refractivity contribution in [2.75, 3.05) is 4.90 Å². The van der Waals surface area contributed by atoms with Crippen molar-refractivity contribution >= 4 is 55.8 Å². The number of hydrogen-bond donors (Lipinski definition) is 0. The first kappa shape index (κ1) is 19.8. The van der Waals surface area contributed by atoms with Crippen molar-refractivity contribution in [1.29, 1.82) is 0 Å². The highest BCUT2D eigenvalue weighted by atomic mass is 35.5. The van der Waals surface area contributed by atoms with Crippen LogP contribution in [0.2, 0.25) is 10.0 Å². The zero-order valence-corrected chi connectivity index (χ0v) is 17.9. The van der Waals surface area contributed by atoms with Gasteiger partial charge >= 0.3 is 0 Å². The number of rotatable bonds is 5. The minimum atomic E-state index is -0.0882. The number of aryl methyl sites for hydroxylation is 1. The van der Waals surface area contributed by atoms with Crippen molar-refractivity contribution in [1.82, 2.24) is 9.97 Å². The third-order valence-electron chi connectivity index (χ3n) is 4.58. The predicted octanol–water partition coefficient (Wildman–Crippen LogP) is 6.08. The Labute approximate surface area is 182 Å². The van der Waals surface area contributed by atoms with Gasteiger partial charge in [0.15, 0.2) is 5.13 Å². The molecule has 0 saturated carbocycles. The van der Waals surface area contributed by atoms with E-state index in [9.17, 15) is 4.79 Å². The van der Waals surface area contributed by atoms with Gasteiger partial charge in [-0.05, 0) is 41.8 Å². The van der Waals surface area contributed by atoms with Crippen LogP contribution >= 0.6 is 34.5 Å². The van der Waals surface area contributed by atoms with E-state index < -0.39 is 0 Å². The second-order valence-electron chi connectivity index (χ2n) is 6.65. The van der Waals surface area contributed by atoms with Crippen molar-refractivity contribution in [3.8, 4) is 0 Å². The Hall–Kier alpha value is -2.47. The molecule has 2 heterocycles. The van der Waals surface area contributed by atoms with Crippen LogP contribution in [0.25, 0.3) is 10.2 Å². The van der Waals surface area contributed by atoms with Crippen LogP contribution in [-0.2, 0) is 17.8 Å². The number of amides is 1. The second kappa shape index (κ2) is 8.49. The number of aromatic nitrogens is 2. The van der Waals surface area contributed by atoms with Gasteiger partial charge in [-0.15, -0.1) is 0 Å². The van der Waals surface area contributed by atoms with E-state index in [1.807, 2.05) is 49.4 Å². The molecule has 7 heteroatoms. The molecule has 0 aliphatic carbocycles. The number of carbonyl (C=O) groups excluding carboxylic acids is 1. The van der Waals surface area contributed by atoms with E-state index in [4.69, 9.17) is 28.2 Å². The monoisotopic (exact) mass is 441 g/mol. The van der Waals surface area contributed by atoms with Crippen molar-refractivity contribution in [3.05, 3.63) is 87.7 Å². The summed E-state index contributed by atoms with van der Waals surface area (Å²) < 4.78 is 0.878. The number of halogens is 2. The number of nitrogens with zero attached hydrogens (tertiary/aromatic N) is 3. The van der Waals surface area contributed by atoms with Crippen LogP contribution in [-0.4, -0.2) is 15.9 Å². The van der Waals surface area contributed by atoms with Gasteiger partial charge in [-0.1, -0.05) is 64.9 Å². The van der Waals surface area contributed by atoms with Crippen LogP contribution in [0.5, 0.6) is 0 Å². The van der Waals surface area contributed by atoms with Crippen LogP contribution in [0.1, 0.15) is 16.7 Å². The molecule has 0 aliphatic heterocycles. The molecule has 4 nitrogen and oxygen atoms in total. The third-order valence-corrected chi connectivity index (χ3v) is 6.49. The van der Waals surface area contributed by atoms with E-state index >= 15 is 0 Å². The first-order chi connectivity index (χ1) is 14.0. The quantitative estimate of drug-likeness (QED) is 0.376. The maximum Gasteiger partial charge on any atom is 0.233 e. The van der Waals surface area contributed by atoms with Gasteiger partial charge in [-0.25, -0.2) is 4.98 Å². The summed E-state index contributed by atoms with van der Waals surface area (Å²) in [5, 5.41) is 1.82. The van der Waals surface area contributed by atoms with Gasteiger partial charge in [0.2, 0.25) is 5.91 Å². The Kier molecular flexibility index (Phi) is 5.81. The van der Waals surface area contributed by atoms with Gasteiger partial charge in [0.25, 0.3) is 0 Å². The molecule has 0 unspecified atom stereocenters. The molecule has 0 atom stereocenters. The van der Waals surface area contributed by atoms with Crippen LogP contribution in [0, 0.1) is 6.92 Å². The predicted molar refractivity (Wildman–Crippen MR) is 120 cm³/mol. The average molecular weight is 442 g/mol. The largest absolute Gasteiger partial charge is 0.283 e.